The minimum absolute atomic E-state index is 0.381. The number of carbonyl (C=O) groups excluding carboxylic acids is 1. The summed E-state index contributed by atoms with van der Waals surface area (Å²) in [6.45, 7) is 4.56. The molecule has 0 saturated heterocycles. The fourth-order valence-electron chi connectivity index (χ4n) is 2.82. The summed E-state index contributed by atoms with van der Waals surface area (Å²) in [5.74, 6) is -2.34. The van der Waals surface area contributed by atoms with Crippen LogP contribution in [-0.2, 0) is 11.2 Å². The number of halogens is 3. The summed E-state index contributed by atoms with van der Waals surface area (Å²) in [6.07, 6.45) is 1.19. The van der Waals surface area contributed by atoms with Gasteiger partial charge in [0.1, 0.15) is 0 Å². The second-order valence-corrected chi connectivity index (χ2v) is 7.44. The Balaban J connectivity index is 0.000000553. The number of carbonyl (C=O) groups is 2. The van der Waals surface area contributed by atoms with Gasteiger partial charge in [0.05, 0.1) is 0 Å². The Morgan fingerprint density at radius 3 is 2.07 bits per heavy atom. The Morgan fingerprint density at radius 2 is 1.53 bits per heavy atom. The van der Waals surface area contributed by atoms with Gasteiger partial charge in [-0.25, -0.2) is 4.79 Å². The van der Waals surface area contributed by atoms with Gasteiger partial charge in [-0.15, -0.1) is 0 Å². The van der Waals surface area contributed by atoms with Crippen molar-refractivity contribution in [3.63, 3.8) is 0 Å². The van der Waals surface area contributed by atoms with E-state index in [1.807, 2.05) is 18.2 Å². The molecule has 30 heavy (non-hydrogen) atoms. The zero-order valence-corrected chi connectivity index (χ0v) is 17.2. The highest BCUT2D eigenvalue weighted by Gasteiger charge is 2.38. The zero-order valence-electron chi connectivity index (χ0n) is 17.2. The summed E-state index contributed by atoms with van der Waals surface area (Å²) in [4.78, 5) is 20.2. The molecule has 2 rings (SSSR count). The van der Waals surface area contributed by atoms with Crippen LogP contribution >= 0.6 is 0 Å². The minimum atomic E-state index is -5.08. The van der Waals surface area contributed by atoms with Crippen molar-refractivity contribution >= 4 is 11.9 Å². The van der Waals surface area contributed by atoms with E-state index in [0.29, 0.717) is 5.56 Å². The van der Waals surface area contributed by atoms with Gasteiger partial charge in [-0.2, -0.15) is 13.2 Å². The third-order valence-electron chi connectivity index (χ3n) is 4.40. The minimum Gasteiger partial charge on any atom is -0.475 e. The summed E-state index contributed by atoms with van der Waals surface area (Å²) in [5.41, 5.74) is 9.47. The molecule has 0 bridgehead atoms. The van der Waals surface area contributed by atoms with Crippen LogP contribution in [-0.4, -0.2) is 23.2 Å². The van der Waals surface area contributed by atoms with Crippen molar-refractivity contribution in [2.45, 2.75) is 52.1 Å². The number of primary amides is 1. The molecule has 0 aliphatic heterocycles. The molecule has 2 aromatic carbocycles. The number of unbranched alkanes of at least 4 members (excludes halogenated alkanes) is 2. The Morgan fingerprint density at radius 1 is 0.967 bits per heavy atom. The number of hydrogen-bond donors (Lipinski definition) is 2. The van der Waals surface area contributed by atoms with Gasteiger partial charge < -0.3 is 10.8 Å². The number of hydrogen-bond acceptors (Lipinski definition) is 2. The molecule has 0 aromatic heterocycles. The van der Waals surface area contributed by atoms with Crippen molar-refractivity contribution < 1.29 is 27.9 Å². The number of benzene rings is 2. The van der Waals surface area contributed by atoms with Crippen LogP contribution in [0, 0.1) is 5.92 Å². The van der Waals surface area contributed by atoms with E-state index in [2.05, 4.69) is 38.1 Å². The first-order valence-electron chi connectivity index (χ1n) is 9.80. The smallest absolute Gasteiger partial charge is 0.475 e. The number of aliphatic carboxylic acids is 1. The molecule has 0 atom stereocenters. The van der Waals surface area contributed by atoms with E-state index in [-0.39, 0.29) is 5.91 Å². The number of carboxylic acid groups (broad SMARTS) is 1. The lowest BCUT2D eigenvalue weighted by Gasteiger charge is -2.08. The highest BCUT2D eigenvalue weighted by atomic mass is 19.4. The molecular formula is C23H28F3NO3. The van der Waals surface area contributed by atoms with Crippen molar-refractivity contribution in [2.75, 3.05) is 0 Å². The van der Waals surface area contributed by atoms with Gasteiger partial charge in [0.2, 0.25) is 5.91 Å². The molecule has 7 heteroatoms. The first-order chi connectivity index (χ1) is 14.0. The van der Waals surface area contributed by atoms with Crippen molar-refractivity contribution in [2.24, 2.45) is 11.7 Å². The molecule has 0 aliphatic rings. The average Bonchev–Trinajstić information content (AvgIpc) is 2.67. The van der Waals surface area contributed by atoms with E-state index in [1.54, 1.807) is 6.07 Å². The van der Waals surface area contributed by atoms with Crippen molar-refractivity contribution in [3.05, 3.63) is 59.7 Å². The second kappa shape index (κ2) is 12.0. The summed E-state index contributed by atoms with van der Waals surface area (Å²) in [7, 11) is 0. The quantitative estimate of drug-likeness (QED) is 0.523. The van der Waals surface area contributed by atoms with Crippen molar-refractivity contribution in [1.82, 2.24) is 0 Å². The molecule has 0 saturated carbocycles. The number of nitrogens with two attached hydrogens (primary N) is 1. The van der Waals surface area contributed by atoms with Crippen LogP contribution in [0.15, 0.2) is 48.5 Å². The fraction of sp³-hybridized carbons (Fsp3) is 0.391. The third kappa shape index (κ3) is 9.58. The molecule has 164 valence electrons. The van der Waals surface area contributed by atoms with Crippen molar-refractivity contribution in [3.8, 4) is 11.1 Å². The number of aryl methyl sites for hydroxylation is 1. The Hall–Kier alpha value is -2.83. The molecule has 0 fully saturated rings. The van der Waals surface area contributed by atoms with Crippen LogP contribution in [0.25, 0.3) is 11.1 Å². The molecule has 0 radical (unpaired) electrons. The average molecular weight is 423 g/mol. The maximum absolute atomic E-state index is 11.3. The molecule has 0 spiro atoms. The summed E-state index contributed by atoms with van der Waals surface area (Å²) in [5, 5.41) is 7.12. The largest absolute Gasteiger partial charge is 0.490 e. The van der Waals surface area contributed by atoms with Crippen LogP contribution in [0.2, 0.25) is 0 Å². The Kier molecular flexibility index (Phi) is 10.1. The SMILES string of the molecule is CC(C)CCCCCc1cccc(-c2cccc(C(N)=O)c2)c1.O=C(O)C(F)(F)F. The maximum atomic E-state index is 11.3. The molecule has 0 unspecified atom stereocenters. The first kappa shape index (κ1) is 25.2. The van der Waals surface area contributed by atoms with Crippen LogP contribution in [0.5, 0.6) is 0 Å². The predicted molar refractivity (Wildman–Crippen MR) is 111 cm³/mol. The monoisotopic (exact) mass is 423 g/mol. The lowest BCUT2D eigenvalue weighted by molar-refractivity contribution is -0.192. The highest BCUT2D eigenvalue weighted by Crippen LogP contribution is 2.22. The van der Waals surface area contributed by atoms with E-state index in [1.165, 1.54) is 31.2 Å². The second-order valence-electron chi connectivity index (χ2n) is 7.44. The van der Waals surface area contributed by atoms with Gasteiger partial charge >= 0.3 is 12.1 Å². The molecule has 3 N–H and O–H groups in total. The molecule has 1 amide bonds. The molecule has 4 nitrogen and oxygen atoms in total. The van der Waals surface area contributed by atoms with Crippen LogP contribution < -0.4 is 5.73 Å². The number of rotatable bonds is 8. The predicted octanol–water partition coefficient (Wildman–Crippen LogP) is 5.84. The molecular weight excluding hydrogens is 395 g/mol. The van der Waals surface area contributed by atoms with E-state index in [4.69, 9.17) is 15.6 Å². The topological polar surface area (TPSA) is 80.4 Å². The van der Waals surface area contributed by atoms with Gasteiger partial charge in [-0.3, -0.25) is 4.79 Å². The van der Waals surface area contributed by atoms with Crippen LogP contribution in [0.3, 0.4) is 0 Å². The van der Waals surface area contributed by atoms with Gasteiger partial charge in [-0.05, 0) is 47.6 Å². The highest BCUT2D eigenvalue weighted by molar-refractivity contribution is 5.94. The van der Waals surface area contributed by atoms with Gasteiger partial charge in [0, 0.05) is 5.56 Å². The van der Waals surface area contributed by atoms with Crippen molar-refractivity contribution in [1.29, 1.82) is 0 Å². The Labute approximate surface area is 174 Å². The van der Waals surface area contributed by atoms with E-state index in [9.17, 15) is 18.0 Å². The summed E-state index contributed by atoms with van der Waals surface area (Å²) >= 11 is 0. The number of amides is 1. The van der Waals surface area contributed by atoms with E-state index >= 15 is 0 Å². The molecule has 0 heterocycles. The van der Waals surface area contributed by atoms with E-state index < -0.39 is 12.1 Å². The van der Waals surface area contributed by atoms with Crippen LogP contribution in [0.1, 0.15) is 55.5 Å². The normalized spacial score (nSPS) is 11.0. The zero-order chi connectivity index (χ0) is 22.7. The fourth-order valence-corrected chi connectivity index (χ4v) is 2.82. The summed E-state index contributed by atoms with van der Waals surface area (Å²) < 4.78 is 31.7. The molecule has 0 aliphatic carbocycles. The lowest BCUT2D eigenvalue weighted by Crippen LogP contribution is -2.21. The van der Waals surface area contributed by atoms with Gasteiger partial charge in [0.25, 0.3) is 0 Å². The van der Waals surface area contributed by atoms with Crippen LogP contribution in [0.4, 0.5) is 13.2 Å². The standard InChI is InChI=1S/C21H27NO.C2HF3O2/c1-16(2)8-4-3-5-9-17-10-6-11-18(14-17)19-12-7-13-20(15-19)21(22)23;3-2(4,5)1(6)7/h6-7,10-16H,3-5,8-9H2,1-2H3,(H2,22,23);(H,6,7). The lowest BCUT2D eigenvalue weighted by atomic mass is 9.98. The summed E-state index contributed by atoms with van der Waals surface area (Å²) in [6, 6.07) is 16.1. The Bertz CT molecular complexity index is 832. The molecule has 2 aromatic rings. The maximum Gasteiger partial charge on any atom is 0.490 e. The number of alkyl halides is 3. The van der Waals surface area contributed by atoms with E-state index in [0.717, 1.165) is 23.5 Å². The third-order valence-corrected chi connectivity index (χ3v) is 4.40. The number of carboxylic acids is 1. The van der Waals surface area contributed by atoms with Gasteiger partial charge in [0.15, 0.2) is 0 Å². The first-order valence-corrected chi connectivity index (χ1v) is 9.80. The van der Waals surface area contributed by atoms with Gasteiger partial charge in [-0.1, -0.05) is 69.5 Å².